The van der Waals surface area contributed by atoms with Crippen LogP contribution in [-0.2, 0) is 16.0 Å². The molecule has 1 aromatic heterocycles. The molecule has 0 aromatic carbocycles. The van der Waals surface area contributed by atoms with Crippen molar-refractivity contribution in [3.63, 3.8) is 0 Å². The summed E-state index contributed by atoms with van der Waals surface area (Å²) in [4.78, 5) is 24.7. The lowest BCUT2D eigenvalue weighted by Gasteiger charge is -2.23. The molecule has 19 heavy (non-hydrogen) atoms. The van der Waals surface area contributed by atoms with Crippen LogP contribution in [0.3, 0.4) is 0 Å². The summed E-state index contributed by atoms with van der Waals surface area (Å²) in [5.74, 6) is -0.250. The van der Waals surface area contributed by atoms with Gasteiger partial charge in [0.15, 0.2) is 0 Å². The van der Waals surface area contributed by atoms with Gasteiger partial charge in [0.1, 0.15) is 5.76 Å². The van der Waals surface area contributed by atoms with Crippen LogP contribution in [0.5, 0.6) is 0 Å². The van der Waals surface area contributed by atoms with Crippen molar-refractivity contribution in [3.05, 3.63) is 17.0 Å². The van der Waals surface area contributed by atoms with Gasteiger partial charge in [-0.25, -0.2) is 0 Å². The van der Waals surface area contributed by atoms with E-state index in [1.165, 1.54) is 0 Å². The standard InChI is InChI=1S/C13H18N2O4/c1-8-11(9(2)19-14-8)7-12(16)15-5-3-4-10(15)6-13(17)18/h10H,3-7H2,1-2H3,(H,17,18). The highest BCUT2D eigenvalue weighted by atomic mass is 16.5. The Hall–Kier alpha value is -1.85. The molecule has 1 unspecified atom stereocenters. The SMILES string of the molecule is Cc1noc(C)c1CC(=O)N1CCCC1CC(=O)O. The highest BCUT2D eigenvalue weighted by molar-refractivity contribution is 5.80. The van der Waals surface area contributed by atoms with E-state index in [0.29, 0.717) is 12.3 Å². The van der Waals surface area contributed by atoms with Crippen molar-refractivity contribution in [1.82, 2.24) is 10.1 Å². The first-order valence-electron chi connectivity index (χ1n) is 6.42. The third kappa shape index (κ3) is 2.94. The van der Waals surface area contributed by atoms with Gasteiger partial charge in [0, 0.05) is 18.2 Å². The molecule has 6 heteroatoms. The molecule has 2 heterocycles. The molecule has 1 amide bonds. The summed E-state index contributed by atoms with van der Waals surface area (Å²) in [6, 6.07) is -0.175. The number of amides is 1. The number of likely N-dealkylation sites (tertiary alicyclic amines) is 1. The largest absolute Gasteiger partial charge is 0.481 e. The van der Waals surface area contributed by atoms with Crippen molar-refractivity contribution in [2.75, 3.05) is 6.54 Å². The minimum atomic E-state index is -0.859. The second kappa shape index (κ2) is 5.42. The number of nitrogens with zero attached hydrogens (tertiary/aromatic N) is 2. The quantitative estimate of drug-likeness (QED) is 0.888. The van der Waals surface area contributed by atoms with E-state index in [-0.39, 0.29) is 24.8 Å². The summed E-state index contributed by atoms with van der Waals surface area (Å²) in [5, 5.41) is 12.7. The van der Waals surface area contributed by atoms with E-state index in [1.54, 1.807) is 18.7 Å². The van der Waals surface area contributed by atoms with Gasteiger partial charge >= 0.3 is 5.97 Å². The molecule has 1 N–H and O–H groups in total. The third-order valence-corrected chi connectivity index (χ3v) is 3.62. The van der Waals surface area contributed by atoms with Crippen molar-refractivity contribution in [1.29, 1.82) is 0 Å². The highest BCUT2D eigenvalue weighted by Gasteiger charge is 2.31. The van der Waals surface area contributed by atoms with Crippen LogP contribution in [0.15, 0.2) is 4.52 Å². The molecule has 2 rings (SSSR count). The maximum Gasteiger partial charge on any atom is 0.305 e. The van der Waals surface area contributed by atoms with Gasteiger partial charge in [-0.15, -0.1) is 0 Å². The molecule has 0 saturated carbocycles. The number of hydrogen-bond donors (Lipinski definition) is 1. The molecule has 1 aliphatic rings. The van der Waals surface area contributed by atoms with Crippen molar-refractivity contribution in [2.45, 2.75) is 45.6 Å². The van der Waals surface area contributed by atoms with Crippen LogP contribution >= 0.6 is 0 Å². The van der Waals surface area contributed by atoms with E-state index in [0.717, 1.165) is 24.1 Å². The number of carboxylic acid groups (broad SMARTS) is 1. The molecule has 0 spiro atoms. The fraction of sp³-hybridized carbons (Fsp3) is 0.615. The Bertz CT molecular complexity index is 475. The lowest BCUT2D eigenvalue weighted by molar-refractivity contribution is -0.139. The molecule has 104 valence electrons. The number of carbonyl (C=O) groups is 2. The topological polar surface area (TPSA) is 83.6 Å². The number of hydrogen-bond acceptors (Lipinski definition) is 4. The van der Waals surface area contributed by atoms with Crippen LogP contribution in [-0.4, -0.2) is 39.6 Å². The van der Waals surface area contributed by atoms with Crippen LogP contribution in [0.4, 0.5) is 0 Å². The maximum absolute atomic E-state index is 12.3. The zero-order valence-electron chi connectivity index (χ0n) is 11.2. The molecule has 0 bridgehead atoms. The maximum atomic E-state index is 12.3. The van der Waals surface area contributed by atoms with Gasteiger partial charge in [0.2, 0.25) is 5.91 Å². The molecule has 1 aliphatic heterocycles. The molecule has 1 atom stereocenters. The number of carbonyl (C=O) groups excluding carboxylic acids is 1. The molecule has 0 aliphatic carbocycles. The fourth-order valence-corrected chi connectivity index (χ4v) is 2.58. The van der Waals surface area contributed by atoms with Crippen LogP contribution in [0, 0.1) is 13.8 Å². The van der Waals surface area contributed by atoms with E-state index in [9.17, 15) is 9.59 Å². The fourth-order valence-electron chi connectivity index (χ4n) is 2.58. The van der Waals surface area contributed by atoms with E-state index >= 15 is 0 Å². The summed E-state index contributed by atoms with van der Waals surface area (Å²) in [5.41, 5.74) is 1.53. The van der Waals surface area contributed by atoms with Crippen molar-refractivity contribution in [2.24, 2.45) is 0 Å². The average Bonchev–Trinajstić information content (AvgIpc) is 2.90. The molecule has 0 radical (unpaired) electrons. The van der Waals surface area contributed by atoms with Crippen LogP contribution in [0.1, 0.15) is 36.3 Å². The number of aliphatic carboxylic acids is 1. The van der Waals surface area contributed by atoms with E-state index in [1.807, 2.05) is 0 Å². The van der Waals surface area contributed by atoms with Crippen molar-refractivity contribution in [3.8, 4) is 0 Å². The molecule has 6 nitrogen and oxygen atoms in total. The highest BCUT2D eigenvalue weighted by Crippen LogP contribution is 2.22. The normalized spacial score (nSPS) is 18.8. The third-order valence-electron chi connectivity index (χ3n) is 3.62. The predicted octanol–water partition coefficient (Wildman–Crippen LogP) is 1.30. The zero-order chi connectivity index (χ0) is 14.0. The summed E-state index contributed by atoms with van der Waals surface area (Å²) < 4.78 is 5.04. The first-order chi connectivity index (χ1) is 8.99. The van der Waals surface area contributed by atoms with Gasteiger partial charge in [-0.1, -0.05) is 5.16 Å². The minimum absolute atomic E-state index is 0.0212. The number of carboxylic acids is 1. The number of aromatic nitrogens is 1. The first-order valence-corrected chi connectivity index (χ1v) is 6.42. The predicted molar refractivity (Wildman–Crippen MR) is 66.7 cm³/mol. The first kappa shape index (κ1) is 13.6. The molecule has 1 saturated heterocycles. The summed E-state index contributed by atoms with van der Waals surface area (Å²) in [6.45, 7) is 4.22. The van der Waals surface area contributed by atoms with Crippen LogP contribution in [0.25, 0.3) is 0 Å². The Morgan fingerprint density at radius 1 is 1.47 bits per heavy atom. The Morgan fingerprint density at radius 2 is 2.21 bits per heavy atom. The summed E-state index contributed by atoms with van der Waals surface area (Å²) >= 11 is 0. The van der Waals surface area contributed by atoms with E-state index < -0.39 is 5.97 Å². The minimum Gasteiger partial charge on any atom is -0.481 e. The average molecular weight is 266 g/mol. The molecular formula is C13H18N2O4. The smallest absolute Gasteiger partial charge is 0.305 e. The second-order valence-electron chi connectivity index (χ2n) is 4.96. The van der Waals surface area contributed by atoms with Gasteiger partial charge in [0.05, 0.1) is 18.5 Å². The Labute approximate surface area is 111 Å². The zero-order valence-corrected chi connectivity index (χ0v) is 11.2. The number of aryl methyl sites for hydroxylation is 2. The van der Waals surface area contributed by atoms with E-state index in [4.69, 9.17) is 9.63 Å². The van der Waals surface area contributed by atoms with Gasteiger partial charge < -0.3 is 14.5 Å². The molecule has 1 fully saturated rings. The molecular weight excluding hydrogens is 248 g/mol. The van der Waals surface area contributed by atoms with Gasteiger partial charge in [-0.05, 0) is 26.7 Å². The van der Waals surface area contributed by atoms with Gasteiger partial charge in [-0.2, -0.15) is 0 Å². The lowest BCUT2D eigenvalue weighted by atomic mass is 10.1. The Morgan fingerprint density at radius 3 is 2.79 bits per heavy atom. The van der Waals surface area contributed by atoms with Crippen molar-refractivity contribution < 1.29 is 19.2 Å². The summed E-state index contributed by atoms with van der Waals surface area (Å²) in [7, 11) is 0. The Kier molecular flexibility index (Phi) is 3.87. The lowest BCUT2D eigenvalue weighted by Crippen LogP contribution is -2.37. The summed E-state index contributed by atoms with van der Waals surface area (Å²) in [6.07, 6.45) is 1.88. The molecule has 1 aromatic rings. The van der Waals surface area contributed by atoms with Gasteiger partial charge in [0.25, 0.3) is 0 Å². The monoisotopic (exact) mass is 266 g/mol. The van der Waals surface area contributed by atoms with Crippen LogP contribution < -0.4 is 0 Å². The second-order valence-corrected chi connectivity index (χ2v) is 4.96. The van der Waals surface area contributed by atoms with Crippen molar-refractivity contribution >= 4 is 11.9 Å². The Balaban J connectivity index is 2.05. The van der Waals surface area contributed by atoms with E-state index in [2.05, 4.69) is 5.16 Å². The number of rotatable bonds is 4. The van der Waals surface area contributed by atoms with Crippen LogP contribution in [0.2, 0.25) is 0 Å². The van der Waals surface area contributed by atoms with Gasteiger partial charge in [-0.3, -0.25) is 9.59 Å².